The van der Waals surface area contributed by atoms with E-state index in [1.807, 2.05) is 11.0 Å². The Balaban J connectivity index is 1.79. The summed E-state index contributed by atoms with van der Waals surface area (Å²) in [6.07, 6.45) is 5.29. The summed E-state index contributed by atoms with van der Waals surface area (Å²) in [4.78, 5) is 23.1. The van der Waals surface area contributed by atoms with Gasteiger partial charge in [-0.25, -0.2) is 9.97 Å². The van der Waals surface area contributed by atoms with Crippen molar-refractivity contribution >= 4 is 5.91 Å². The average molecular weight is 327 g/mol. The highest BCUT2D eigenvalue weighted by Crippen LogP contribution is 2.28. The van der Waals surface area contributed by atoms with Crippen LogP contribution in [0.4, 0.5) is 0 Å². The standard InChI is InChI=1S/C18H21N3O3/c1-23-15-8-14(9-16(10-15)24-2)18(22)21-7-3-4-13(11-21)17-5-6-19-12-20-17/h5-6,8-10,12-13H,3-4,7,11H2,1-2H3/t13-/m1/s1. The monoisotopic (exact) mass is 327 g/mol. The maximum Gasteiger partial charge on any atom is 0.254 e. The van der Waals surface area contributed by atoms with E-state index in [2.05, 4.69) is 9.97 Å². The van der Waals surface area contributed by atoms with E-state index < -0.39 is 0 Å². The molecule has 126 valence electrons. The number of ether oxygens (including phenoxy) is 2. The number of carbonyl (C=O) groups excluding carboxylic acids is 1. The number of aromatic nitrogens is 2. The molecule has 1 aliphatic rings. The zero-order valence-corrected chi connectivity index (χ0v) is 13.9. The predicted octanol–water partition coefficient (Wildman–Crippen LogP) is 2.51. The zero-order chi connectivity index (χ0) is 16.9. The molecule has 2 aromatic rings. The second-order valence-corrected chi connectivity index (χ2v) is 5.83. The minimum atomic E-state index is -0.00837. The summed E-state index contributed by atoms with van der Waals surface area (Å²) >= 11 is 0. The van der Waals surface area contributed by atoms with Crippen LogP contribution in [-0.4, -0.2) is 48.1 Å². The Morgan fingerprint density at radius 2 is 1.96 bits per heavy atom. The second kappa shape index (κ2) is 7.29. The highest BCUT2D eigenvalue weighted by atomic mass is 16.5. The zero-order valence-electron chi connectivity index (χ0n) is 13.9. The normalized spacial score (nSPS) is 17.4. The van der Waals surface area contributed by atoms with Crippen LogP contribution in [0.25, 0.3) is 0 Å². The lowest BCUT2D eigenvalue weighted by atomic mass is 9.94. The maximum absolute atomic E-state index is 12.9. The molecule has 24 heavy (non-hydrogen) atoms. The van der Waals surface area contributed by atoms with Gasteiger partial charge in [-0.2, -0.15) is 0 Å². The molecule has 1 fully saturated rings. The lowest BCUT2D eigenvalue weighted by molar-refractivity contribution is 0.0705. The first-order valence-electron chi connectivity index (χ1n) is 7.99. The van der Waals surface area contributed by atoms with Gasteiger partial charge in [0.1, 0.15) is 17.8 Å². The van der Waals surface area contributed by atoms with Crippen molar-refractivity contribution in [3.63, 3.8) is 0 Å². The van der Waals surface area contributed by atoms with E-state index in [9.17, 15) is 4.79 Å². The van der Waals surface area contributed by atoms with Crippen molar-refractivity contribution in [3.05, 3.63) is 48.0 Å². The van der Waals surface area contributed by atoms with E-state index in [-0.39, 0.29) is 11.8 Å². The molecule has 1 aliphatic heterocycles. The Kier molecular flexibility index (Phi) is 4.93. The molecule has 0 aliphatic carbocycles. The molecule has 2 heterocycles. The molecular formula is C18H21N3O3. The van der Waals surface area contributed by atoms with Crippen molar-refractivity contribution in [2.75, 3.05) is 27.3 Å². The number of piperidine rings is 1. The van der Waals surface area contributed by atoms with Gasteiger partial charge < -0.3 is 14.4 Å². The van der Waals surface area contributed by atoms with Crippen molar-refractivity contribution in [3.8, 4) is 11.5 Å². The molecule has 1 amide bonds. The smallest absolute Gasteiger partial charge is 0.254 e. The van der Waals surface area contributed by atoms with Gasteiger partial charge in [0.05, 0.1) is 14.2 Å². The summed E-state index contributed by atoms with van der Waals surface area (Å²) < 4.78 is 10.5. The number of likely N-dealkylation sites (tertiary alicyclic amines) is 1. The van der Waals surface area contributed by atoms with Gasteiger partial charge in [0, 0.05) is 42.5 Å². The number of carbonyl (C=O) groups is 1. The Morgan fingerprint density at radius 3 is 2.58 bits per heavy atom. The van der Waals surface area contributed by atoms with Crippen LogP contribution in [0, 0.1) is 0 Å². The SMILES string of the molecule is COc1cc(OC)cc(C(=O)N2CCC[C@@H](c3ccncn3)C2)c1. The van der Waals surface area contributed by atoms with Crippen LogP contribution in [-0.2, 0) is 0 Å². The number of hydrogen-bond acceptors (Lipinski definition) is 5. The first-order chi connectivity index (χ1) is 11.7. The molecule has 0 bridgehead atoms. The Bertz CT molecular complexity index is 684. The molecule has 1 atom stereocenters. The van der Waals surface area contributed by atoms with Gasteiger partial charge in [-0.1, -0.05) is 0 Å². The molecule has 3 rings (SSSR count). The van der Waals surface area contributed by atoms with Crippen LogP contribution >= 0.6 is 0 Å². The minimum absolute atomic E-state index is 0.00837. The van der Waals surface area contributed by atoms with Crippen molar-refractivity contribution in [2.45, 2.75) is 18.8 Å². The van der Waals surface area contributed by atoms with Gasteiger partial charge >= 0.3 is 0 Å². The Morgan fingerprint density at radius 1 is 1.21 bits per heavy atom. The fourth-order valence-corrected chi connectivity index (χ4v) is 3.06. The second-order valence-electron chi connectivity index (χ2n) is 5.83. The number of rotatable bonds is 4. The van der Waals surface area contributed by atoms with Crippen molar-refractivity contribution in [1.82, 2.24) is 14.9 Å². The van der Waals surface area contributed by atoms with Crippen molar-refractivity contribution < 1.29 is 14.3 Å². The number of nitrogens with zero attached hydrogens (tertiary/aromatic N) is 3. The van der Waals surface area contributed by atoms with E-state index in [4.69, 9.17) is 9.47 Å². The van der Waals surface area contributed by atoms with Crippen molar-refractivity contribution in [1.29, 1.82) is 0 Å². The Hall–Kier alpha value is -2.63. The van der Waals surface area contributed by atoms with E-state index in [0.29, 0.717) is 23.6 Å². The number of hydrogen-bond donors (Lipinski definition) is 0. The predicted molar refractivity (Wildman–Crippen MR) is 89.5 cm³/mol. The number of amides is 1. The highest BCUT2D eigenvalue weighted by Gasteiger charge is 2.26. The van der Waals surface area contributed by atoms with Gasteiger partial charge in [-0.15, -0.1) is 0 Å². The van der Waals surface area contributed by atoms with Crippen LogP contribution in [0.15, 0.2) is 36.8 Å². The quantitative estimate of drug-likeness (QED) is 0.863. The third-order valence-corrected chi connectivity index (χ3v) is 4.33. The van der Waals surface area contributed by atoms with E-state index in [0.717, 1.165) is 25.1 Å². The lowest BCUT2D eigenvalue weighted by Gasteiger charge is -2.32. The summed E-state index contributed by atoms with van der Waals surface area (Å²) in [5.74, 6) is 1.47. The van der Waals surface area contributed by atoms with Crippen LogP contribution in [0.1, 0.15) is 34.8 Å². The molecular weight excluding hydrogens is 306 g/mol. The largest absolute Gasteiger partial charge is 0.497 e. The summed E-state index contributed by atoms with van der Waals surface area (Å²) in [5, 5.41) is 0. The van der Waals surface area contributed by atoms with Crippen LogP contribution in [0.3, 0.4) is 0 Å². The van der Waals surface area contributed by atoms with Crippen LogP contribution in [0.2, 0.25) is 0 Å². The van der Waals surface area contributed by atoms with Gasteiger partial charge in [0.25, 0.3) is 5.91 Å². The van der Waals surface area contributed by atoms with Gasteiger partial charge in [0.15, 0.2) is 0 Å². The first-order valence-corrected chi connectivity index (χ1v) is 7.99. The molecule has 0 N–H and O–H groups in total. The van der Waals surface area contributed by atoms with Crippen molar-refractivity contribution in [2.24, 2.45) is 0 Å². The summed E-state index contributed by atoms with van der Waals surface area (Å²) in [7, 11) is 3.16. The van der Waals surface area contributed by atoms with Gasteiger partial charge in [-0.05, 0) is 31.0 Å². The Labute approximate surface area is 141 Å². The number of benzene rings is 1. The third kappa shape index (κ3) is 3.48. The minimum Gasteiger partial charge on any atom is -0.497 e. The van der Waals surface area contributed by atoms with E-state index in [1.54, 1.807) is 44.9 Å². The lowest BCUT2D eigenvalue weighted by Crippen LogP contribution is -2.39. The molecule has 0 unspecified atom stereocenters. The molecule has 0 spiro atoms. The fraction of sp³-hybridized carbons (Fsp3) is 0.389. The first kappa shape index (κ1) is 16.2. The summed E-state index contributed by atoms with van der Waals surface area (Å²) in [6.45, 7) is 1.41. The topological polar surface area (TPSA) is 64.6 Å². The maximum atomic E-state index is 12.9. The third-order valence-electron chi connectivity index (χ3n) is 4.33. The highest BCUT2D eigenvalue weighted by molar-refractivity contribution is 5.95. The molecule has 1 aromatic carbocycles. The number of methoxy groups -OCH3 is 2. The van der Waals surface area contributed by atoms with E-state index >= 15 is 0 Å². The summed E-state index contributed by atoms with van der Waals surface area (Å²) in [6, 6.07) is 7.18. The van der Waals surface area contributed by atoms with Gasteiger partial charge in [0.2, 0.25) is 0 Å². The molecule has 1 saturated heterocycles. The fourth-order valence-electron chi connectivity index (χ4n) is 3.06. The molecule has 1 aromatic heterocycles. The molecule has 6 nitrogen and oxygen atoms in total. The van der Waals surface area contributed by atoms with E-state index in [1.165, 1.54) is 0 Å². The molecule has 0 radical (unpaired) electrons. The molecule has 0 saturated carbocycles. The molecule has 6 heteroatoms. The average Bonchev–Trinajstić information content (AvgIpc) is 2.67. The van der Waals surface area contributed by atoms with Crippen LogP contribution in [0.5, 0.6) is 11.5 Å². The van der Waals surface area contributed by atoms with Crippen LogP contribution < -0.4 is 9.47 Å². The van der Waals surface area contributed by atoms with Gasteiger partial charge in [-0.3, -0.25) is 4.79 Å². The summed E-state index contributed by atoms with van der Waals surface area (Å²) in [5.41, 5.74) is 1.57.